The summed E-state index contributed by atoms with van der Waals surface area (Å²) in [5, 5.41) is 11.6. The number of carboxylic acids is 1. The second-order valence-electron chi connectivity index (χ2n) is 5.33. The van der Waals surface area contributed by atoms with Gasteiger partial charge in [-0.2, -0.15) is 0 Å². The number of hydrogen-bond donors (Lipinski definition) is 3. The van der Waals surface area contributed by atoms with Crippen LogP contribution >= 0.6 is 0 Å². The van der Waals surface area contributed by atoms with Crippen molar-refractivity contribution in [3.05, 3.63) is 0 Å². The van der Waals surface area contributed by atoms with Gasteiger partial charge in [-0.15, -0.1) is 0 Å². The average Bonchev–Trinajstić information content (AvgIpc) is 3.04. The lowest BCUT2D eigenvalue weighted by atomic mass is 10.1. The molecule has 2 aliphatic rings. The molecule has 7 heteroatoms. The van der Waals surface area contributed by atoms with E-state index >= 15 is 0 Å². The standard InChI is InChI=1S/C12H19N3O4/c13-11(18)8-3-4-15(6-8)12(19)14-9(5-10(16)17)7-1-2-7/h7-9H,1-6H2,(H2,13,18)(H,14,19)(H,16,17). The number of likely N-dealkylation sites (tertiary alicyclic amines) is 1. The van der Waals surface area contributed by atoms with E-state index < -0.39 is 5.97 Å². The quantitative estimate of drug-likeness (QED) is 0.639. The van der Waals surface area contributed by atoms with Crippen molar-refractivity contribution in [1.82, 2.24) is 10.2 Å². The largest absolute Gasteiger partial charge is 0.481 e. The number of nitrogens with two attached hydrogens (primary N) is 1. The molecule has 1 saturated heterocycles. The van der Waals surface area contributed by atoms with Crippen LogP contribution < -0.4 is 11.1 Å². The van der Waals surface area contributed by atoms with E-state index in [1.807, 2.05) is 0 Å². The van der Waals surface area contributed by atoms with Crippen LogP contribution in [0.25, 0.3) is 0 Å². The molecule has 2 rings (SSSR count). The number of rotatable bonds is 5. The summed E-state index contributed by atoms with van der Waals surface area (Å²) in [7, 11) is 0. The number of carboxylic acid groups (broad SMARTS) is 1. The first-order valence-corrected chi connectivity index (χ1v) is 6.54. The number of carbonyl (C=O) groups is 3. The third-order valence-corrected chi connectivity index (χ3v) is 3.77. The van der Waals surface area contributed by atoms with Crippen LogP contribution in [0.15, 0.2) is 0 Å². The Morgan fingerprint density at radius 3 is 2.47 bits per heavy atom. The van der Waals surface area contributed by atoms with Gasteiger partial charge in [0, 0.05) is 19.1 Å². The highest BCUT2D eigenvalue weighted by Crippen LogP contribution is 2.34. The summed E-state index contributed by atoms with van der Waals surface area (Å²) in [5.41, 5.74) is 5.21. The van der Waals surface area contributed by atoms with Gasteiger partial charge >= 0.3 is 12.0 Å². The summed E-state index contributed by atoms with van der Waals surface area (Å²) in [4.78, 5) is 35.3. The van der Waals surface area contributed by atoms with Gasteiger partial charge in [-0.05, 0) is 25.2 Å². The molecule has 0 aromatic rings. The molecule has 2 atom stereocenters. The highest BCUT2D eigenvalue weighted by atomic mass is 16.4. The molecule has 0 aromatic heterocycles. The molecular weight excluding hydrogens is 250 g/mol. The summed E-state index contributed by atoms with van der Waals surface area (Å²) in [6, 6.07) is -0.598. The number of nitrogens with one attached hydrogen (secondary N) is 1. The normalized spacial score (nSPS) is 24.0. The summed E-state index contributed by atoms with van der Waals surface area (Å²) < 4.78 is 0. The number of hydrogen-bond acceptors (Lipinski definition) is 3. The van der Waals surface area contributed by atoms with Crippen LogP contribution in [-0.4, -0.2) is 47.0 Å². The molecular formula is C12H19N3O4. The van der Waals surface area contributed by atoms with Crippen molar-refractivity contribution in [3.63, 3.8) is 0 Å². The molecule has 106 valence electrons. The Hall–Kier alpha value is -1.79. The van der Waals surface area contributed by atoms with E-state index in [2.05, 4.69) is 5.32 Å². The second-order valence-corrected chi connectivity index (χ2v) is 5.33. The van der Waals surface area contributed by atoms with E-state index in [9.17, 15) is 14.4 Å². The van der Waals surface area contributed by atoms with Crippen molar-refractivity contribution in [1.29, 1.82) is 0 Å². The smallest absolute Gasteiger partial charge is 0.317 e. The Morgan fingerprint density at radius 1 is 1.32 bits per heavy atom. The molecule has 0 bridgehead atoms. The first kappa shape index (κ1) is 13.6. The molecule has 4 N–H and O–H groups in total. The number of aliphatic carboxylic acids is 1. The van der Waals surface area contributed by atoms with Gasteiger partial charge in [-0.3, -0.25) is 9.59 Å². The fraction of sp³-hybridized carbons (Fsp3) is 0.750. The monoisotopic (exact) mass is 269 g/mol. The van der Waals surface area contributed by atoms with Gasteiger partial charge in [-0.1, -0.05) is 0 Å². The molecule has 1 aliphatic heterocycles. The van der Waals surface area contributed by atoms with Gasteiger partial charge < -0.3 is 21.1 Å². The summed E-state index contributed by atoms with van der Waals surface area (Å²) in [6.45, 7) is 0.815. The van der Waals surface area contributed by atoms with Gasteiger partial charge in [0.2, 0.25) is 5.91 Å². The second kappa shape index (κ2) is 5.46. The Labute approximate surface area is 111 Å². The zero-order valence-corrected chi connectivity index (χ0v) is 10.7. The van der Waals surface area contributed by atoms with E-state index in [1.54, 1.807) is 0 Å². The third-order valence-electron chi connectivity index (χ3n) is 3.77. The van der Waals surface area contributed by atoms with E-state index in [1.165, 1.54) is 4.90 Å². The Balaban J connectivity index is 1.85. The van der Waals surface area contributed by atoms with E-state index in [0.717, 1.165) is 12.8 Å². The number of amides is 3. The lowest BCUT2D eigenvalue weighted by Gasteiger charge is -2.22. The number of carbonyl (C=O) groups excluding carboxylic acids is 2. The zero-order valence-electron chi connectivity index (χ0n) is 10.7. The SMILES string of the molecule is NC(=O)C1CCN(C(=O)NC(CC(=O)O)C2CC2)C1. The number of primary amides is 1. The Kier molecular flexibility index (Phi) is 3.92. The molecule has 0 spiro atoms. The van der Waals surface area contributed by atoms with Crippen LogP contribution in [0.1, 0.15) is 25.7 Å². The molecule has 19 heavy (non-hydrogen) atoms. The maximum atomic E-state index is 12.0. The van der Waals surface area contributed by atoms with Crippen molar-refractivity contribution < 1.29 is 19.5 Å². The van der Waals surface area contributed by atoms with Crippen LogP contribution in [0.4, 0.5) is 4.79 Å². The minimum Gasteiger partial charge on any atom is -0.481 e. The van der Waals surface area contributed by atoms with Gasteiger partial charge in [-0.25, -0.2) is 4.79 Å². The summed E-state index contributed by atoms with van der Waals surface area (Å²) in [5.74, 6) is -1.31. The summed E-state index contributed by atoms with van der Waals surface area (Å²) in [6.07, 6.45) is 2.45. The van der Waals surface area contributed by atoms with Crippen LogP contribution in [0.5, 0.6) is 0 Å². The van der Waals surface area contributed by atoms with E-state index in [0.29, 0.717) is 19.5 Å². The van der Waals surface area contributed by atoms with Crippen molar-refractivity contribution in [2.24, 2.45) is 17.6 Å². The van der Waals surface area contributed by atoms with Gasteiger partial charge in [0.25, 0.3) is 0 Å². The van der Waals surface area contributed by atoms with Crippen LogP contribution in [0, 0.1) is 11.8 Å². The molecule has 2 unspecified atom stereocenters. The fourth-order valence-corrected chi connectivity index (χ4v) is 2.45. The Bertz CT molecular complexity index is 394. The van der Waals surface area contributed by atoms with Gasteiger partial charge in [0.1, 0.15) is 0 Å². The lowest BCUT2D eigenvalue weighted by Crippen LogP contribution is -2.46. The molecule has 7 nitrogen and oxygen atoms in total. The van der Waals surface area contributed by atoms with Crippen molar-refractivity contribution >= 4 is 17.9 Å². The molecule has 0 aromatic carbocycles. The van der Waals surface area contributed by atoms with Crippen molar-refractivity contribution in [2.75, 3.05) is 13.1 Å². The molecule has 3 amide bonds. The maximum Gasteiger partial charge on any atom is 0.317 e. The van der Waals surface area contributed by atoms with Crippen molar-refractivity contribution in [2.45, 2.75) is 31.7 Å². The Morgan fingerprint density at radius 2 is 2.00 bits per heavy atom. The van der Waals surface area contributed by atoms with E-state index in [-0.39, 0.29) is 36.2 Å². The minimum absolute atomic E-state index is 0.0521. The molecule has 1 heterocycles. The first-order valence-electron chi connectivity index (χ1n) is 6.54. The predicted octanol–water partition coefficient (Wildman–Crippen LogP) is -0.243. The van der Waals surface area contributed by atoms with Crippen LogP contribution in [0.2, 0.25) is 0 Å². The minimum atomic E-state index is -0.909. The maximum absolute atomic E-state index is 12.0. The number of urea groups is 1. The summed E-state index contributed by atoms with van der Waals surface area (Å²) >= 11 is 0. The van der Waals surface area contributed by atoms with Gasteiger partial charge in [0.15, 0.2) is 0 Å². The first-order chi connectivity index (χ1) is 8.97. The van der Waals surface area contributed by atoms with Crippen molar-refractivity contribution in [3.8, 4) is 0 Å². The molecule has 1 saturated carbocycles. The topological polar surface area (TPSA) is 113 Å². The van der Waals surface area contributed by atoms with E-state index in [4.69, 9.17) is 10.8 Å². The molecule has 1 aliphatic carbocycles. The van der Waals surface area contributed by atoms with Gasteiger partial charge in [0.05, 0.1) is 12.3 Å². The molecule has 0 radical (unpaired) electrons. The lowest BCUT2D eigenvalue weighted by molar-refractivity contribution is -0.137. The highest BCUT2D eigenvalue weighted by molar-refractivity contribution is 5.80. The molecule has 2 fully saturated rings. The van der Waals surface area contributed by atoms with Crippen LogP contribution in [-0.2, 0) is 9.59 Å². The third kappa shape index (κ3) is 3.59. The number of nitrogens with zero attached hydrogens (tertiary/aromatic N) is 1. The predicted molar refractivity (Wildman–Crippen MR) is 66.2 cm³/mol. The fourth-order valence-electron chi connectivity index (χ4n) is 2.45. The zero-order chi connectivity index (χ0) is 14.0. The van der Waals surface area contributed by atoms with Crippen LogP contribution in [0.3, 0.4) is 0 Å². The highest BCUT2D eigenvalue weighted by Gasteiger charge is 2.36. The average molecular weight is 269 g/mol.